The molecule has 144 heavy (non-hydrogen) atoms. The average molecular weight is 2040 g/mol. The normalized spacial score (nSPS) is 11.4. The molecule has 686 valence electrons. The Morgan fingerprint density at radius 3 is 0.764 bits per heavy atom. The van der Waals surface area contributed by atoms with Crippen LogP contribution in [0.4, 0.5) is 85.8 Å². The SMILES string of the molecule is CC(=O)CC(C)=O.Fc1cc(F)cc(-c2cnc3c4[c-]cc(N(c5ccccc5)c5cc6ccccc6c6ccccc56)cc4c4cc(N(c5ccccc5)c5cc6ccccc6c6ccccc56)ccc4c3n2)c1.Fc1cc(F)cc(-c2cnc3c4[c-]cc(N(c5ccccc5)c5cc6ccccc6c6ccccc56)cc4c4cc(N(c5ccccc5)c5cc6ccccc6c6ccccc56)ccc4c3n2)c1.[Ir+3]. The molecule has 0 aliphatic rings. The van der Waals surface area contributed by atoms with E-state index in [-0.39, 0.29) is 38.1 Å². The Kier molecular flexibility index (Phi) is 23.7. The number of carbonyl (C=O) groups excluding carboxylic acids is 2. The van der Waals surface area contributed by atoms with E-state index in [0.717, 1.165) is 177 Å². The van der Waals surface area contributed by atoms with Gasteiger partial charge in [0, 0.05) is 114 Å². The molecular weight excluding hydrogens is 1960 g/mol. The molecule has 26 aromatic rings. The summed E-state index contributed by atoms with van der Waals surface area (Å²) < 4.78 is 58.7. The summed E-state index contributed by atoms with van der Waals surface area (Å²) in [7, 11) is 0. The zero-order valence-corrected chi connectivity index (χ0v) is 80.1. The molecule has 0 saturated heterocycles. The van der Waals surface area contributed by atoms with Gasteiger partial charge in [-0.25, -0.2) is 17.6 Å². The molecule has 0 radical (unpaired) electrons. The van der Waals surface area contributed by atoms with Gasteiger partial charge in [0.15, 0.2) is 0 Å². The first-order valence-corrected chi connectivity index (χ1v) is 47.3. The molecule has 0 amide bonds. The number of Topliss-reactive ketones (excluding diaryl/α,β-unsaturated/α-hetero) is 2. The minimum Gasteiger partial charge on any atom is -0.351 e. The summed E-state index contributed by atoms with van der Waals surface area (Å²) in [6.45, 7) is 2.81. The van der Waals surface area contributed by atoms with Gasteiger partial charge < -0.3 is 29.6 Å². The topological polar surface area (TPSA) is 98.7 Å². The molecule has 24 aromatic carbocycles. The fourth-order valence-electron chi connectivity index (χ4n) is 20.7. The zero-order chi connectivity index (χ0) is 96.5. The molecule has 0 fully saturated rings. The number of carbonyl (C=O) groups is 2. The molecule has 0 saturated carbocycles. The van der Waals surface area contributed by atoms with Gasteiger partial charge in [0.05, 0.1) is 40.2 Å². The number of benzene rings is 24. The number of rotatable bonds is 16. The van der Waals surface area contributed by atoms with Crippen molar-refractivity contribution in [2.24, 2.45) is 0 Å². The molecule has 0 spiro atoms. The Bertz CT molecular complexity index is 9050. The number of hydrogen-bond acceptors (Lipinski definition) is 10. The maximum atomic E-state index is 14.7. The van der Waals surface area contributed by atoms with E-state index in [0.29, 0.717) is 44.6 Å². The summed E-state index contributed by atoms with van der Waals surface area (Å²) in [5.74, 6) is -2.85. The van der Waals surface area contributed by atoms with Crippen LogP contribution in [0.15, 0.2) is 449 Å². The number of hydrogen-bond donors (Lipinski definition) is 0. The van der Waals surface area contributed by atoms with E-state index in [1.165, 1.54) is 70.4 Å². The first-order valence-electron chi connectivity index (χ1n) is 47.3. The third kappa shape index (κ3) is 16.6. The Balaban J connectivity index is 0.000000149. The summed E-state index contributed by atoms with van der Waals surface area (Å²) in [5.41, 5.74) is 15.7. The van der Waals surface area contributed by atoms with Crippen LogP contribution in [0.2, 0.25) is 0 Å². The fourth-order valence-corrected chi connectivity index (χ4v) is 20.7. The molecule has 0 N–H and O–H groups in total. The number of aromatic nitrogens is 4. The van der Waals surface area contributed by atoms with Gasteiger partial charge in [0.25, 0.3) is 0 Å². The van der Waals surface area contributed by atoms with Crippen molar-refractivity contribution >= 4 is 231 Å². The van der Waals surface area contributed by atoms with Crippen molar-refractivity contribution in [2.75, 3.05) is 19.6 Å². The molecule has 0 bridgehead atoms. The van der Waals surface area contributed by atoms with Gasteiger partial charge in [0.1, 0.15) is 34.8 Å². The molecule has 2 aromatic heterocycles. The van der Waals surface area contributed by atoms with E-state index in [1.807, 2.05) is 36.4 Å². The third-order valence-electron chi connectivity index (χ3n) is 26.8. The summed E-state index contributed by atoms with van der Waals surface area (Å²) >= 11 is 0. The molecule has 0 aliphatic carbocycles. The monoisotopic (exact) mass is 2040 g/mol. The van der Waals surface area contributed by atoms with Crippen molar-refractivity contribution < 1.29 is 47.3 Å². The maximum Gasteiger partial charge on any atom is 3.00 e. The van der Waals surface area contributed by atoms with Crippen molar-refractivity contribution in [1.82, 2.24) is 19.9 Å². The first-order chi connectivity index (χ1) is 70.2. The van der Waals surface area contributed by atoms with Crippen LogP contribution in [0, 0.1) is 35.4 Å². The van der Waals surface area contributed by atoms with Gasteiger partial charge in [-0.3, -0.25) is 19.6 Å². The Morgan fingerprint density at radius 2 is 0.486 bits per heavy atom. The fraction of sp³-hybridized carbons (Fsp3) is 0.0233. The van der Waals surface area contributed by atoms with Crippen LogP contribution in [0.1, 0.15) is 20.3 Å². The average Bonchev–Trinajstić information content (AvgIpc) is 0.717. The molecule has 0 aliphatic heterocycles. The van der Waals surface area contributed by atoms with Crippen LogP contribution in [-0.2, 0) is 29.7 Å². The Morgan fingerprint density at radius 1 is 0.236 bits per heavy atom. The second kappa shape index (κ2) is 38.0. The van der Waals surface area contributed by atoms with Gasteiger partial charge in [-0.05, 0) is 233 Å². The summed E-state index contributed by atoms with van der Waals surface area (Å²) in [4.78, 5) is 49.7. The molecule has 15 heteroatoms. The van der Waals surface area contributed by atoms with Crippen molar-refractivity contribution in [3.8, 4) is 22.5 Å². The van der Waals surface area contributed by atoms with Crippen LogP contribution in [0.3, 0.4) is 0 Å². The van der Waals surface area contributed by atoms with Gasteiger partial charge in [-0.15, -0.1) is 47.2 Å². The van der Waals surface area contributed by atoms with Crippen molar-refractivity contribution in [1.29, 1.82) is 0 Å². The Labute approximate surface area is 839 Å². The number of ketones is 2. The number of anilines is 12. The molecule has 10 nitrogen and oxygen atoms in total. The molecule has 26 rings (SSSR count). The molecule has 0 unspecified atom stereocenters. The summed E-state index contributed by atoms with van der Waals surface area (Å²) in [5, 5.41) is 25.4. The number of nitrogens with zero attached hydrogens (tertiary/aromatic N) is 8. The minimum absolute atomic E-state index is 0. The Hall–Kier alpha value is -18.0. The van der Waals surface area contributed by atoms with E-state index in [1.54, 1.807) is 12.4 Å². The number of halogens is 4. The predicted molar refractivity (Wildman–Crippen MR) is 582 cm³/mol. The summed E-state index contributed by atoms with van der Waals surface area (Å²) in [6.07, 6.45) is 3.27. The number of para-hydroxylation sites is 4. The second-order valence-electron chi connectivity index (χ2n) is 35.9. The van der Waals surface area contributed by atoms with E-state index in [4.69, 9.17) is 19.9 Å². The van der Waals surface area contributed by atoms with E-state index < -0.39 is 23.3 Å². The largest absolute Gasteiger partial charge is 3.00 e. The van der Waals surface area contributed by atoms with Crippen LogP contribution in [0.5, 0.6) is 0 Å². The quantitative estimate of drug-likeness (QED) is 0.0402. The van der Waals surface area contributed by atoms with Gasteiger partial charge >= 0.3 is 20.1 Å². The molecular formula is C129H82F4IrN8O2+. The molecule has 2 heterocycles. The smallest absolute Gasteiger partial charge is 0.351 e. The molecule has 0 atom stereocenters. The van der Waals surface area contributed by atoms with Gasteiger partial charge in [-0.1, -0.05) is 290 Å². The predicted octanol–water partition coefficient (Wildman–Crippen LogP) is 35.0. The van der Waals surface area contributed by atoms with Crippen LogP contribution in [0.25, 0.3) is 174 Å². The second-order valence-corrected chi connectivity index (χ2v) is 35.9. The van der Waals surface area contributed by atoms with Gasteiger partial charge in [0.2, 0.25) is 0 Å². The maximum absolute atomic E-state index is 14.7. The third-order valence-corrected chi connectivity index (χ3v) is 26.8. The van der Waals surface area contributed by atoms with E-state index >= 15 is 0 Å². The summed E-state index contributed by atoms with van der Waals surface area (Å²) in [6, 6.07) is 155. The van der Waals surface area contributed by atoms with Gasteiger partial charge in [-0.2, -0.15) is 0 Å². The minimum atomic E-state index is -0.680. The van der Waals surface area contributed by atoms with E-state index in [9.17, 15) is 27.2 Å². The van der Waals surface area contributed by atoms with Crippen molar-refractivity contribution in [3.63, 3.8) is 0 Å². The van der Waals surface area contributed by atoms with Crippen LogP contribution >= 0.6 is 0 Å². The standard InChI is InChI=1S/2C62H37F2N4.C5H8O2.Ir/c2*63-42-31-41(32-43(64)35-42)58-38-65-61-54-29-27-46(67(44-17-3-1-4-18-44)59-33-39-15-7-9-21-48(39)50-23-11-13-25-52(50)59)36-56(54)57-37-47(28-30-55(57)62(61)66-58)68(45-19-5-2-6-20-45)60-34-40-16-8-10-22-49(40)51-24-12-14-26-53(51)60;1-4(6)3-5(2)7;/h2*1-28,30-38H;3H2,1-2H3;/q2*-1;;+3. The van der Waals surface area contributed by atoms with E-state index in [2.05, 4.69) is 396 Å². The first kappa shape index (κ1) is 89.9. The van der Waals surface area contributed by atoms with Crippen molar-refractivity contribution in [2.45, 2.75) is 20.3 Å². The number of fused-ring (bicyclic) bond motifs is 24. The van der Waals surface area contributed by atoms with Crippen LogP contribution < -0.4 is 19.6 Å². The van der Waals surface area contributed by atoms with Crippen LogP contribution in [-0.4, -0.2) is 31.5 Å². The van der Waals surface area contributed by atoms with Crippen molar-refractivity contribution in [3.05, 3.63) is 485 Å². The zero-order valence-electron chi connectivity index (χ0n) is 77.7.